The number of carboxylic acid groups (broad SMARTS) is 1. The van der Waals surface area contributed by atoms with E-state index in [1.165, 1.54) is 0 Å². The Morgan fingerprint density at radius 3 is 2.14 bits per heavy atom. The van der Waals surface area contributed by atoms with Crippen LogP contribution in [0.15, 0.2) is 48.5 Å². The third kappa shape index (κ3) is 5.79. The molecule has 1 heterocycles. The number of carbonyl (C=O) groups excluding carboxylic acids is 3. The highest BCUT2D eigenvalue weighted by Crippen LogP contribution is 2.44. The van der Waals surface area contributed by atoms with Crippen LogP contribution in [0.2, 0.25) is 0 Å². The van der Waals surface area contributed by atoms with Crippen LogP contribution in [0.4, 0.5) is 4.79 Å². The largest absolute Gasteiger partial charge is 0.481 e. The molecule has 1 fully saturated rings. The van der Waals surface area contributed by atoms with Crippen molar-refractivity contribution in [2.45, 2.75) is 37.6 Å². The zero-order valence-corrected chi connectivity index (χ0v) is 19.4. The van der Waals surface area contributed by atoms with Crippen LogP contribution in [-0.4, -0.2) is 66.2 Å². The Morgan fingerprint density at radius 2 is 1.54 bits per heavy atom. The Kier molecular flexibility index (Phi) is 7.64. The van der Waals surface area contributed by atoms with Gasteiger partial charge in [-0.2, -0.15) is 0 Å². The molecule has 35 heavy (non-hydrogen) atoms. The summed E-state index contributed by atoms with van der Waals surface area (Å²) in [5, 5.41) is 14.0. The van der Waals surface area contributed by atoms with Crippen LogP contribution in [0.5, 0.6) is 0 Å². The van der Waals surface area contributed by atoms with E-state index < -0.39 is 42.9 Å². The number of alkyl carbamates (subject to hydrolysis) is 1. The van der Waals surface area contributed by atoms with Crippen LogP contribution >= 0.6 is 0 Å². The first kappa shape index (κ1) is 24.3. The molecular formula is C26H29N3O6. The van der Waals surface area contributed by atoms with Crippen LogP contribution in [0.25, 0.3) is 11.1 Å². The molecule has 9 heteroatoms. The molecule has 0 radical (unpaired) electrons. The molecule has 1 aliphatic heterocycles. The van der Waals surface area contributed by atoms with Gasteiger partial charge in [0.25, 0.3) is 0 Å². The summed E-state index contributed by atoms with van der Waals surface area (Å²) in [5.74, 6) is -2.37. The van der Waals surface area contributed by atoms with Gasteiger partial charge in [-0.15, -0.1) is 0 Å². The van der Waals surface area contributed by atoms with Crippen molar-refractivity contribution in [1.82, 2.24) is 15.5 Å². The molecule has 1 aliphatic carbocycles. The van der Waals surface area contributed by atoms with Gasteiger partial charge >= 0.3 is 12.1 Å². The summed E-state index contributed by atoms with van der Waals surface area (Å²) in [6, 6.07) is 14.8. The molecule has 1 saturated heterocycles. The predicted molar refractivity (Wildman–Crippen MR) is 128 cm³/mol. The van der Waals surface area contributed by atoms with Crippen molar-refractivity contribution in [3.05, 3.63) is 59.7 Å². The van der Waals surface area contributed by atoms with Gasteiger partial charge in [0.2, 0.25) is 11.8 Å². The fourth-order valence-electron chi connectivity index (χ4n) is 4.76. The topological polar surface area (TPSA) is 125 Å². The van der Waals surface area contributed by atoms with Crippen molar-refractivity contribution in [3.8, 4) is 11.1 Å². The summed E-state index contributed by atoms with van der Waals surface area (Å²) in [7, 11) is 0. The second kappa shape index (κ2) is 11.0. The Hall–Kier alpha value is -3.88. The summed E-state index contributed by atoms with van der Waals surface area (Å²) in [5.41, 5.74) is 4.37. The van der Waals surface area contributed by atoms with Crippen LogP contribution in [0, 0.1) is 0 Å². The van der Waals surface area contributed by atoms with E-state index in [2.05, 4.69) is 10.6 Å². The number of rotatable bonds is 8. The van der Waals surface area contributed by atoms with Gasteiger partial charge in [0, 0.05) is 19.0 Å². The van der Waals surface area contributed by atoms with Gasteiger partial charge in [-0.25, -0.2) is 4.79 Å². The van der Waals surface area contributed by atoms with E-state index in [1.807, 2.05) is 48.5 Å². The van der Waals surface area contributed by atoms with Crippen molar-refractivity contribution in [3.63, 3.8) is 0 Å². The molecule has 1 unspecified atom stereocenters. The molecule has 4 rings (SSSR count). The zero-order chi connectivity index (χ0) is 24.8. The number of piperidine rings is 1. The average Bonchev–Trinajstić information content (AvgIpc) is 3.19. The van der Waals surface area contributed by atoms with Crippen LogP contribution in [-0.2, 0) is 19.1 Å². The Balaban J connectivity index is 1.29. The third-order valence-corrected chi connectivity index (χ3v) is 6.42. The highest BCUT2D eigenvalue weighted by Gasteiger charge is 2.30. The number of hydrogen-bond donors (Lipinski definition) is 3. The van der Waals surface area contributed by atoms with Crippen LogP contribution < -0.4 is 10.6 Å². The van der Waals surface area contributed by atoms with Crippen molar-refractivity contribution in [2.75, 3.05) is 26.2 Å². The zero-order valence-electron chi connectivity index (χ0n) is 19.4. The molecule has 3 N–H and O–H groups in total. The van der Waals surface area contributed by atoms with E-state index in [1.54, 1.807) is 4.90 Å². The predicted octanol–water partition coefficient (Wildman–Crippen LogP) is 2.50. The lowest BCUT2D eigenvalue weighted by Gasteiger charge is -2.30. The fourth-order valence-corrected chi connectivity index (χ4v) is 4.76. The van der Waals surface area contributed by atoms with Crippen molar-refractivity contribution < 1.29 is 29.0 Å². The lowest BCUT2D eigenvalue weighted by molar-refractivity contribution is -0.144. The summed E-state index contributed by atoms with van der Waals surface area (Å²) < 4.78 is 5.40. The van der Waals surface area contributed by atoms with Gasteiger partial charge in [-0.3, -0.25) is 14.4 Å². The van der Waals surface area contributed by atoms with Gasteiger partial charge < -0.3 is 25.4 Å². The first-order valence-corrected chi connectivity index (χ1v) is 11.8. The molecule has 0 spiro atoms. The Morgan fingerprint density at radius 1 is 0.943 bits per heavy atom. The molecular weight excluding hydrogens is 450 g/mol. The maximum Gasteiger partial charge on any atom is 0.407 e. The number of nitrogens with zero attached hydrogens (tertiary/aromatic N) is 1. The van der Waals surface area contributed by atoms with Gasteiger partial charge in [0.1, 0.15) is 19.2 Å². The molecule has 0 saturated carbocycles. The fraction of sp³-hybridized carbons (Fsp3) is 0.385. The average molecular weight is 480 g/mol. The highest BCUT2D eigenvalue weighted by molar-refractivity contribution is 5.92. The van der Waals surface area contributed by atoms with E-state index in [9.17, 15) is 19.2 Å². The molecule has 3 amide bonds. The van der Waals surface area contributed by atoms with E-state index in [0.29, 0.717) is 13.1 Å². The second-order valence-electron chi connectivity index (χ2n) is 8.78. The highest BCUT2D eigenvalue weighted by atomic mass is 16.5. The Bertz CT molecular complexity index is 1070. The molecule has 0 bridgehead atoms. The van der Waals surface area contributed by atoms with Crippen molar-refractivity contribution >= 4 is 23.9 Å². The van der Waals surface area contributed by atoms with Crippen molar-refractivity contribution in [1.29, 1.82) is 0 Å². The minimum absolute atomic E-state index is 0.107. The SMILES string of the molecule is O=C(O)CC(NC(=O)CNC(=O)OCC1c2ccccc2-c2ccccc21)C(=O)N1CCCCC1. The number of carboxylic acids is 1. The molecule has 1 atom stereocenters. The van der Waals surface area contributed by atoms with E-state index in [-0.39, 0.29) is 12.5 Å². The maximum atomic E-state index is 12.7. The summed E-state index contributed by atoms with van der Waals surface area (Å²) >= 11 is 0. The van der Waals surface area contributed by atoms with E-state index in [4.69, 9.17) is 9.84 Å². The first-order valence-electron chi connectivity index (χ1n) is 11.8. The van der Waals surface area contributed by atoms with Gasteiger partial charge in [-0.1, -0.05) is 48.5 Å². The van der Waals surface area contributed by atoms with Gasteiger partial charge in [0.15, 0.2) is 0 Å². The number of benzene rings is 2. The normalized spacial score (nSPS) is 15.5. The molecule has 2 aliphatic rings. The van der Waals surface area contributed by atoms with Crippen LogP contribution in [0.1, 0.15) is 42.7 Å². The lowest BCUT2D eigenvalue weighted by Crippen LogP contribution is -2.52. The lowest BCUT2D eigenvalue weighted by atomic mass is 9.98. The van der Waals surface area contributed by atoms with E-state index >= 15 is 0 Å². The number of aliphatic carboxylic acids is 1. The number of nitrogens with one attached hydrogen (secondary N) is 2. The number of fused-ring (bicyclic) bond motifs is 3. The number of amides is 3. The standard InChI is InChI=1S/C26H29N3O6/c30-23(28-22(14-24(31)32)25(33)29-12-6-1-7-13-29)15-27-26(34)35-16-21-19-10-4-2-8-17(19)18-9-3-5-11-20(18)21/h2-5,8-11,21-22H,1,6-7,12-16H2,(H,27,34)(H,28,30)(H,31,32). The molecule has 9 nitrogen and oxygen atoms in total. The number of hydrogen-bond acceptors (Lipinski definition) is 5. The number of carbonyl (C=O) groups is 4. The third-order valence-electron chi connectivity index (χ3n) is 6.42. The summed E-state index contributed by atoms with van der Waals surface area (Å²) in [6.45, 7) is 0.766. The molecule has 0 aromatic heterocycles. The minimum atomic E-state index is -1.19. The summed E-state index contributed by atoms with van der Waals surface area (Å²) in [4.78, 5) is 50.2. The number of likely N-dealkylation sites (tertiary alicyclic amines) is 1. The second-order valence-corrected chi connectivity index (χ2v) is 8.78. The van der Waals surface area contributed by atoms with Gasteiger partial charge in [-0.05, 0) is 41.5 Å². The van der Waals surface area contributed by atoms with E-state index in [0.717, 1.165) is 41.5 Å². The smallest absolute Gasteiger partial charge is 0.407 e. The maximum absolute atomic E-state index is 12.7. The van der Waals surface area contributed by atoms with Crippen molar-refractivity contribution in [2.24, 2.45) is 0 Å². The monoisotopic (exact) mass is 479 g/mol. The molecule has 2 aromatic rings. The Labute approximate surface area is 203 Å². The minimum Gasteiger partial charge on any atom is -0.481 e. The molecule has 2 aromatic carbocycles. The first-order chi connectivity index (χ1) is 16.9. The number of ether oxygens (including phenoxy) is 1. The van der Waals surface area contributed by atoms with Crippen LogP contribution in [0.3, 0.4) is 0 Å². The quantitative estimate of drug-likeness (QED) is 0.534. The summed E-state index contributed by atoms with van der Waals surface area (Å²) in [6.07, 6.45) is 1.43. The molecule has 184 valence electrons. The van der Waals surface area contributed by atoms with Gasteiger partial charge in [0.05, 0.1) is 6.42 Å².